The zero-order valence-corrected chi connectivity index (χ0v) is 9.16. The van der Waals surface area contributed by atoms with Crippen molar-refractivity contribution in [2.75, 3.05) is 6.61 Å². The highest BCUT2D eigenvalue weighted by molar-refractivity contribution is 5.84. The average molecular weight is 214 g/mol. The van der Waals surface area contributed by atoms with Crippen LogP contribution in [0.4, 0.5) is 4.79 Å². The Bertz CT molecular complexity index is 239. The molecular weight excluding hydrogens is 196 g/mol. The van der Waals surface area contributed by atoms with Crippen LogP contribution in [0.3, 0.4) is 0 Å². The smallest absolute Gasteiger partial charge is 0.408 e. The number of carbonyl (C=O) groups is 2. The van der Waals surface area contributed by atoms with Gasteiger partial charge in [-0.2, -0.15) is 0 Å². The van der Waals surface area contributed by atoms with E-state index in [-0.39, 0.29) is 12.5 Å². The first-order valence-electron chi connectivity index (χ1n) is 4.80. The summed E-state index contributed by atoms with van der Waals surface area (Å²) in [6, 6.07) is -0.678. The van der Waals surface area contributed by atoms with E-state index in [0.717, 1.165) is 0 Å². The van der Waals surface area contributed by atoms with Gasteiger partial charge in [-0.15, -0.1) is 0 Å². The molecule has 2 amide bonds. The standard InChI is InChI=1S/C10H18N2O3/c1-4-5-15-10(14)12-8(9(11)13)6-7(2)3/h4,7-8H,1,5-6H2,2-3H3,(H2,11,13)(H,12,14)/t8-/m1/s1. The van der Waals surface area contributed by atoms with E-state index in [9.17, 15) is 9.59 Å². The van der Waals surface area contributed by atoms with Gasteiger partial charge < -0.3 is 15.8 Å². The number of carbonyl (C=O) groups excluding carboxylic acids is 2. The van der Waals surface area contributed by atoms with Crippen molar-refractivity contribution in [3.8, 4) is 0 Å². The zero-order valence-electron chi connectivity index (χ0n) is 9.16. The van der Waals surface area contributed by atoms with Crippen LogP contribution in [-0.4, -0.2) is 24.6 Å². The molecule has 0 rings (SSSR count). The Balaban J connectivity index is 4.10. The average Bonchev–Trinajstić information content (AvgIpc) is 2.12. The molecule has 0 heterocycles. The lowest BCUT2D eigenvalue weighted by molar-refractivity contribution is -0.120. The number of rotatable bonds is 6. The first kappa shape index (κ1) is 13.5. The Morgan fingerprint density at radius 3 is 2.53 bits per heavy atom. The number of nitrogens with two attached hydrogens (primary N) is 1. The van der Waals surface area contributed by atoms with Gasteiger partial charge in [0.05, 0.1) is 0 Å². The van der Waals surface area contributed by atoms with E-state index in [0.29, 0.717) is 6.42 Å². The van der Waals surface area contributed by atoms with Crippen LogP contribution in [0, 0.1) is 5.92 Å². The SMILES string of the molecule is C=CCOC(=O)N[C@H](CC(C)C)C(N)=O. The Kier molecular flexibility index (Phi) is 6.17. The summed E-state index contributed by atoms with van der Waals surface area (Å²) in [7, 11) is 0. The Labute approximate surface area is 89.7 Å². The van der Waals surface area contributed by atoms with Crippen molar-refractivity contribution in [1.82, 2.24) is 5.32 Å². The molecule has 15 heavy (non-hydrogen) atoms. The van der Waals surface area contributed by atoms with Crippen molar-refractivity contribution in [3.05, 3.63) is 12.7 Å². The zero-order chi connectivity index (χ0) is 11.8. The molecule has 0 spiro atoms. The van der Waals surface area contributed by atoms with Crippen LogP contribution in [0.1, 0.15) is 20.3 Å². The number of ether oxygens (including phenoxy) is 1. The summed E-state index contributed by atoms with van der Waals surface area (Å²) < 4.78 is 4.68. The van der Waals surface area contributed by atoms with Crippen LogP contribution in [0.2, 0.25) is 0 Å². The molecule has 5 heteroatoms. The van der Waals surface area contributed by atoms with E-state index >= 15 is 0 Å². The van der Waals surface area contributed by atoms with Crippen LogP contribution < -0.4 is 11.1 Å². The van der Waals surface area contributed by atoms with Gasteiger partial charge in [-0.3, -0.25) is 4.79 Å². The normalized spacial score (nSPS) is 11.9. The second-order valence-corrected chi connectivity index (χ2v) is 3.62. The van der Waals surface area contributed by atoms with Crippen LogP contribution >= 0.6 is 0 Å². The molecule has 0 radical (unpaired) electrons. The van der Waals surface area contributed by atoms with Crippen molar-refractivity contribution >= 4 is 12.0 Å². The minimum absolute atomic E-state index is 0.110. The summed E-state index contributed by atoms with van der Waals surface area (Å²) in [4.78, 5) is 22.1. The predicted octanol–water partition coefficient (Wildman–Crippen LogP) is 0.799. The Hall–Kier alpha value is -1.52. The van der Waals surface area contributed by atoms with Gasteiger partial charge in [-0.25, -0.2) is 4.79 Å². The van der Waals surface area contributed by atoms with E-state index in [4.69, 9.17) is 5.73 Å². The number of alkyl carbamates (subject to hydrolysis) is 1. The molecular formula is C10H18N2O3. The van der Waals surface area contributed by atoms with Gasteiger partial charge in [0.15, 0.2) is 0 Å². The third kappa shape index (κ3) is 6.54. The highest BCUT2D eigenvalue weighted by Gasteiger charge is 2.19. The molecule has 0 aromatic rings. The van der Waals surface area contributed by atoms with Gasteiger partial charge in [-0.1, -0.05) is 26.5 Å². The molecule has 1 atom stereocenters. The predicted molar refractivity (Wildman–Crippen MR) is 57.1 cm³/mol. The maximum Gasteiger partial charge on any atom is 0.408 e. The first-order valence-corrected chi connectivity index (χ1v) is 4.80. The topological polar surface area (TPSA) is 81.4 Å². The second kappa shape index (κ2) is 6.86. The van der Waals surface area contributed by atoms with Crippen LogP contribution in [-0.2, 0) is 9.53 Å². The van der Waals surface area contributed by atoms with E-state index in [1.54, 1.807) is 0 Å². The monoisotopic (exact) mass is 214 g/mol. The van der Waals surface area contributed by atoms with Crippen molar-refractivity contribution < 1.29 is 14.3 Å². The molecule has 86 valence electrons. The van der Waals surface area contributed by atoms with E-state index in [1.165, 1.54) is 6.08 Å². The minimum atomic E-state index is -0.678. The fourth-order valence-corrected chi connectivity index (χ4v) is 1.04. The third-order valence-corrected chi connectivity index (χ3v) is 1.67. The summed E-state index contributed by atoms with van der Waals surface area (Å²) >= 11 is 0. The van der Waals surface area contributed by atoms with Gasteiger partial charge in [-0.05, 0) is 12.3 Å². The molecule has 0 aromatic heterocycles. The molecule has 3 N–H and O–H groups in total. The van der Waals surface area contributed by atoms with E-state index in [1.807, 2.05) is 13.8 Å². The van der Waals surface area contributed by atoms with Gasteiger partial charge in [0.25, 0.3) is 0 Å². The van der Waals surface area contributed by atoms with Crippen LogP contribution in [0.15, 0.2) is 12.7 Å². The van der Waals surface area contributed by atoms with Gasteiger partial charge in [0.2, 0.25) is 5.91 Å². The fourth-order valence-electron chi connectivity index (χ4n) is 1.04. The molecule has 0 fully saturated rings. The van der Waals surface area contributed by atoms with Crippen molar-refractivity contribution in [1.29, 1.82) is 0 Å². The lowest BCUT2D eigenvalue weighted by atomic mass is 10.0. The van der Waals surface area contributed by atoms with Gasteiger partial charge in [0.1, 0.15) is 12.6 Å². The van der Waals surface area contributed by atoms with Gasteiger partial charge in [0, 0.05) is 0 Å². The molecule has 0 bridgehead atoms. The lowest BCUT2D eigenvalue weighted by Crippen LogP contribution is -2.45. The maximum atomic E-state index is 11.1. The van der Waals surface area contributed by atoms with Crippen molar-refractivity contribution in [3.63, 3.8) is 0 Å². The fraction of sp³-hybridized carbons (Fsp3) is 0.600. The highest BCUT2D eigenvalue weighted by atomic mass is 16.5. The summed E-state index contributed by atoms with van der Waals surface area (Å²) in [6.45, 7) is 7.38. The molecule has 0 aliphatic carbocycles. The molecule has 0 saturated heterocycles. The van der Waals surface area contributed by atoms with E-state index in [2.05, 4.69) is 16.6 Å². The van der Waals surface area contributed by atoms with Gasteiger partial charge >= 0.3 is 6.09 Å². The number of hydrogen-bond donors (Lipinski definition) is 2. The first-order chi connectivity index (χ1) is 6.97. The lowest BCUT2D eigenvalue weighted by Gasteiger charge is -2.16. The minimum Gasteiger partial charge on any atom is -0.445 e. The number of nitrogens with one attached hydrogen (secondary N) is 1. The quantitative estimate of drug-likeness (QED) is 0.641. The van der Waals surface area contributed by atoms with Crippen LogP contribution in [0.25, 0.3) is 0 Å². The summed E-state index contributed by atoms with van der Waals surface area (Å²) in [5.74, 6) is -0.290. The second-order valence-electron chi connectivity index (χ2n) is 3.62. The molecule has 0 aliphatic rings. The molecule has 0 saturated carbocycles. The molecule has 0 aromatic carbocycles. The highest BCUT2D eigenvalue weighted by Crippen LogP contribution is 2.04. The maximum absolute atomic E-state index is 11.1. The van der Waals surface area contributed by atoms with E-state index < -0.39 is 18.0 Å². The largest absolute Gasteiger partial charge is 0.445 e. The van der Waals surface area contributed by atoms with Crippen LogP contribution in [0.5, 0.6) is 0 Å². The van der Waals surface area contributed by atoms with Crippen molar-refractivity contribution in [2.24, 2.45) is 11.7 Å². The number of hydrogen-bond acceptors (Lipinski definition) is 3. The Morgan fingerprint density at radius 2 is 2.13 bits per heavy atom. The molecule has 0 aliphatic heterocycles. The summed E-state index contributed by atoms with van der Waals surface area (Å²) in [5, 5.41) is 2.40. The third-order valence-electron chi connectivity index (χ3n) is 1.67. The van der Waals surface area contributed by atoms with Crippen molar-refractivity contribution in [2.45, 2.75) is 26.3 Å². The molecule has 5 nitrogen and oxygen atoms in total. The Morgan fingerprint density at radius 1 is 1.53 bits per heavy atom. The molecule has 0 unspecified atom stereocenters. The number of amides is 2. The summed E-state index contributed by atoms with van der Waals surface area (Å²) in [5.41, 5.74) is 5.13. The number of primary amides is 1. The summed E-state index contributed by atoms with van der Waals surface area (Å²) in [6.07, 6.45) is 1.29.